The zero-order valence-corrected chi connectivity index (χ0v) is 9.14. The second-order valence-corrected chi connectivity index (χ2v) is 3.44. The molecule has 2 heteroatoms. The van der Waals surface area contributed by atoms with Crippen LogP contribution in [0, 0.1) is 0 Å². The number of carbonyl (C=O) groups is 1. The Labute approximate surface area is 90.6 Å². The molecule has 1 rings (SSSR count). The van der Waals surface area contributed by atoms with E-state index in [9.17, 15) is 4.79 Å². The number of ether oxygens (including phenoxy) is 1. The number of esters is 1. The van der Waals surface area contributed by atoms with Crippen LogP contribution in [0.1, 0.15) is 25.3 Å². The fraction of sp³-hybridized carbons (Fsp3) is 0.308. The van der Waals surface area contributed by atoms with Gasteiger partial charge in [0.05, 0.1) is 6.61 Å². The monoisotopic (exact) mass is 204 g/mol. The molecule has 0 amide bonds. The van der Waals surface area contributed by atoms with Gasteiger partial charge in [0, 0.05) is 12.0 Å². The maximum atomic E-state index is 11.1. The predicted octanol–water partition coefficient (Wildman–Crippen LogP) is 2.91. The normalized spacial score (nSPS) is 12.7. The largest absolute Gasteiger partial charge is 0.462 e. The predicted molar refractivity (Wildman–Crippen MR) is 60.6 cm³/mol. The van der Waals surface area contributed by atoms with Gasteiger partial charge in [-0.2, -0.15) is 0 Å². The second-order valence-electron chi connectivity index (χ2n) is 3.44. The molecule has 1 unspecified atom stereocenters. The first kappa shape index (κ1) is 11.5. The average Bonchev–Trinajstić information content (AvgIpc) is 2.27. The van der Waals surface area contributed by atoms with E-state index in [-0.39, 0.29) is 11.9 Å². The summed E-state index contributed by atoms with van der Waals surface area (Å²) in [7, 11) is 0. The first-order valence-electron chi connectivity index (χ1n) is 5.08. The van der Waals surface area contributed by atoms with Crippen molar-refractivity contribution in [2.45, 2.75) is 19.8 Å². The molecular formula is C13H16O2. The van der Waals surface area contributed by atoms with Gasteiger partial charge >= 0.3 is 5.97 Å². The Morgan fingerprint density at radius 1 is 1.40 bits per heavy atom. The Kier molecular flexibility index (Phi) is 4.61. The summed E-state index contributed by atoms with van der Waals surface area (Å²) in [6, 6.07) is 10.0. The van der Waals surface area contributed by atoms with Crippen LogP contribution in [0.15, 0.2) is 42.5 Å². The molecular weight excluding hydrogens is 188 g/mol. The highest BCUT2D eigenvalue weighted by atomic mass is 16.5. The van der Waals surface area contributed by atoms with Crippen LogP contribution in [0.2, 0.25) is 0 Å². The van der Waals surface area contributed by atoms with Crippen molar-refractivity contribution < 1.29 is 9.53 Å². The van der Waals surface area contributed by atoms with Crippen LogP contribution in [0.25, 0.3) is 0 Å². The van der Waals surface area contributed by atoms with E-state index in [2.05, 4.69) is 0 Å². The van der Waals surface area contributed by atoms with Crippen LogP contribution in [0.3, 0.4) is 0 Å². The molecule has 0 bridgehead atoms. The lowest BCUT2D eigenvalue weighted by Crippen LogP contribution is -2.08. The van der Waals surface area contributed by atoms with Gasteiger partial charge in [-0.25, -0.2) is 4.79 Å². The summed E-state index contributed by atoms with van der Waals surface area (Å²) >= 11 is 0. The summed E-state index contributed by atoms with van der Waals surface area (Å²) in [6.07, 6.45) is 3.10. The second kappa shape index (κ2) is 6.02. The van der Waals surface area contributed by atoms with Gasteiger partial charge in [-0.05, 0) is 12.5 Å². The standard InChI is InChI=1S/C13H16O2/c1-3-7-13(14)15-10-11(2)12-8-5-4-6-9-12/h3-9,11H,10H2,1-2H3. The van der Waals surface area contributed by atoms with Crippen LogP contribution in [0.4, 0.5) is 0 Å². The van der Waals surface area contributed by atoms with Crippen molar-refractivity contribution in [2.24, 2.45) is 0 Å². The summed E-state index contributed by atoms with van der Waals surface area (Å²) < 4.78 is 5.07. The first-order valence-corrected chi connectivity index (χ1v) is 5.08. The van der Waals surface area contributed by atoms with E-state index in [1.807, 2.05) is 37.3 Å². The van der Waals surface area contributed by atoms with Gasteiger partial charge in [-0.15, -0.1) is 0 Å². The van der Waals surface area contributed by atoms with Gasteiger partial charge in [-0.1, -0.05) is 43.3 Å². The summed E-state index contributed by atoms with van der Waals surface area (Å²) in [6.45, 7) is 4.26. The summed E-state index contributed by atoms with van der Waals surface area (Å²) in [4.78, 5) is 11.1. The zero-order chi connectivity index (χ0) is 11.1. The van der Waals surface area contributed by atoms with E-state index < -0.39 is 0 Å². The van der Waals surface area contributed by atoms with E-state index in [0.717, 1.165) is 0 Å². The number of allylic oxidation sites excluding steroid dienone is 1. The minimum Gasteiger partial charge on any atom is -0.462 e. The molecule has 0 fully saturated rings. The summed E-state index contributed by atoms with van der Waals surface area (Å²) in [5.74, 6) is -0.0410. The third-order valence-electron chi connectivity index (χ3n) is 2.15. The molecule has 1 atom stereocenters. The van der Waals surface area contributed by atoms with Gasteiger partial charge in [0.15, 0.2) is 0 Å². The van der Waals surface area contributed by atoms with Crippen molar-refractivity contribution in [3.63, 3.8) is 0 Å². The highest BCUT2D eigenvalue weighted by Crippen LogP contribution is 2.14. The van der Waals surface area contributed by atoms with Gasteiger partial charge < -0.3 is 4.74 Å². The molecule has 0 aromatic heterocycles. The minimum absolute atomic E-state index is 0.236. The van der Waals surface area contributed by atoms with Gasteiger partial charge in [0.2, 0.25) is 0 Å². The number of hydrogen-bond acceptors (Lipinski definition) is 2. The van der Waals surface area contributed by atoms with Crippen LogP contribution >= 0.6 is 0 Å². The molecule has 80 valence electrons. The molecule has 0 aliphatic rings. The minimum atomic E-state index is -0.278. The van der Waals surface area contributed by atoms with Crippen LogP contribution < -0.4 is 0 Å². The van der Waals surface area contributed by atoms with Gasteiger partial charge in [0.1, 0.15) is 0 Å². The molecule has 2 nitrogen and oxygen atoms in total. The topological polar surface area (TPSA) is 26.3 Å². The van der Waals surface area contributed by atoms with Crippen LogP contribution in [0.5, 0.6) is 0 Å². The molecule has 1 aromatic rings. The molecule has 0 radical (unpaired) electrons. The van der Waals surface area contributed by atoms with E-state index >= 15 is 0 Å². The number of carbonyl (C=O) groups excluding carboxylic acids is 1. The summed E-state index contributed by atoms with van der Waals surface area (Å²) in [5, 5.41) is 0. The molecule has 0 aliphatic heterocycles. The maximum Gasteiger partial charge on any atom is 0.330 e. The Morgan fingerprint density at radius 2 is 2.07 bits per heavy atom. The number of benzene rings is 1. The van der Waals surface area contributed by atoms with Crippen molar-refractivity contribution >= 4 is 5.97 Å². The fourth-order valence-corrected chi connectivity index (χ4v) is 1.27. The lowest BCUT2D eigenvalue weighted by atomic mass is 10.0. The molecule has 0 saturated carbocycles. The summed E-state index contributed by atoms with van der Waals surface area (Å²) in [5.41, 5.74) is 1.19. The van der Waals surface area contributed by atoms with Crippen molar-refractivity contribution in [2.75, 3.05) is 6.61 Å². The third-order valence-corrected chi connectivity index (χ3v) is 2.15. The van der Waals surface area contributed by atoms with Gasteiger partial charge in [0.25, 0.3) is 0 Å². The van der Waals surface area contributed by atoms with Crippen molar-refractivity contribution in [3.8, 4) is 0 Å². The van der Waals surface area contributed by atoms with Crippen LogP contribution in [-0.2, 0) is 9.53 Å². The SMILES string of the molecule is CC=CC(=O)OCC(C)c1ccccc1. The van der Waals surface area contributed by atoms with E-state index in [0.29, 0.717) is 6.61 Å². The molecule has 15 heavy (non-hydrogen) atoms. The van der Waals surface area contributed by atoms with Gasteiger partial charge in [-0.3, -0.25) is 0 Å². The Hall–Kier alpha value is -1.57. The first-order chi connectivity index (χ1) is 7.24. The number of rotatable bonds is 4. The molecule has 0 heterocycles. The molecule has 0 N–H and O–H groups in total. The van der Waals surface area contributed by atoms with E-state index in [1.165, 1.54) is 11.6 Å². The Morgan fingerprint density at radius 3 is 2.67 bits per heavy atom. The highest BCUT2D eigenvalue weighted by molar-refractivity contribution is 5.81. The highest BCUT2D eigenvalue weighted by Gasteiger charge is 2.06. The molecule has 1 aromatic carbocycles. The Balaban J connectivity index is 2.43. The molecule has 0 aliphatic carbocycles. The quantitative estimate of drug-likeness (QED) is 0.557. The Bertz CT molecular complexity index is 328. The van der Waals surface area contributed by atoms with Crippen molar-refractivity contribution in [1.82, 2.24) is 0 Å². The molecule has 0 saturated heterocycles. The van der Waals surface area contributed by atoms with Crippen molar-refractivity contribution in [3.05, 3.63) is 48.0 Å². The number of hydrogen-bond donors (Lipinski definition) is 0. The third kappa shape index (κ3) is 3.98. The van der Waals surface area contributed by atoms with E-state index in [1.54, 1.807) is 13.0 Å². The van der Waals surface area contributed by atoms with Crippen LogP contribution in [-0.4, -0.2) is 12.6 Å². The zero-order valence-electron chi connectivity index (χ0n) is 9.14. The smallest absolute Gasteiger partial charge is 0.330 e. The fourth-order valence-electron chi connectivity index (χ4n) is 1.27. The lowest BCUT2D eigenvalue weighted by Gasteiger charge is -2.11. The molecule has 0 spiro atoms. The average molecular weight is 204 g/mol. The van der Waals surface area contributed by atoms with Crippen molar-refractivity contribution in [1.29, 1.82) is 0 Å². The lowest BCUT2D eigenvalue weighted by molar-refractivity contribution is -0.138. The maximum absolute atomic E-state index is 11.1. The van der Waals surface area contributed by atoms with E-state index in [4.69, 9.17) is 4.74 Å².